The van der Waals surface area contributed by atoms with E-state index >= 15 is 0 Å². The first kappa shape index (κ1) is 16.0. The van der Waals surface area contributed by atoms with Gasteiger partial charge in [0.25, 0.3) is 0 Å². The van der Waals surface area contributed by atoms with Crippen LogP contribution in [-0.4, -0.2) is 48.4 Å². The monoisotopic (exact) mass is 289 g/mol. The minimum atomic E-state index is 0.270. The van der Waals surface area contributed by atoms with Gasteiger partial charge in [-0.3, -0.25) is 9.69 Å². The Morgan fingerprint density at radius 2 is 1.86 bits per heavy atom. The molecule has 2 rings (SSSR count). The molecule has 1 atom stereocenters. The van der Waals surface area contributed by atoms with Crippen LogP contribution in [-0.2, 0) is 11.3 Å². The predicted octanol–water partition coefficient (Wildman–Crippen LogP) is 1.71. The molecule has 1 aromatic rings. The van der Waals surface area contributed by atoms with Gasteiger partial charge in [-0.25, -0.2) is 0 Å². The molecule has 0 saturated carbocycles. The molecule has 116 valence electrons. The van der Waals surface area contributed by atoms with E-state index in [1.54, 1.807) is 0 Å². The quantitative estimate of drug-likeness (QED) is 0.867. The van der Waals surface area contributed by atoms with Gasteiger partial charge in [-0.1, -0.05) is 43.7 Å². The summed E-state index contributed by atoms with van der Waals surface area (Å²) in [6.45, 7) is 7.28. The highest BCUT2D eigenvalue weighted by atomic mass is 16.2. The van der Waals surface area contributed by atoms with Crippen LogP contribution in [0.25, 0.3) is 0 Å². The topological polar surface area (TPSA) is 49.6 Å². The first-order chi connectivity index (χ1) is 10.2. The largest absolute Gasteiger partial charge is 0.340 e. The van der Waals surface area contributed by atoms with Crippen molar-refractivity contribution < 1.29 is 4.79 Å². The van der Waals surface area contributed by atoms with Crippen LogP contribution in [0.2, 0.25) is 0 Å². The van der Waals surface area contributed by atoms with Gasteiger partial charge < -0.3 is 10.6 Å². The van der Waals surface area contributed by atoms with Gasteiger partial charge in [0, 0.05) is 39.1 Å². The van der Waals surface area contributed by atoms with Crippen molar-refractivity contribution in [3.05, 3.63) is 35.9 Å². The second kappa shape index (κ2) is 8.15. The first-order valence-corrected chi connectivity index (χ1v) is 7.97. The fourth-order valence-corrected chi connectivity index (χ4v) is 2.77. The maximum atomic E-state index is 12.2. The summed E-state index contributed by atoms with van der Waals surface area (Å²) in [6.07, 6.45) is 1.59. The predicted molar refractivity (Wildman–Crippen MR) is 85.8 cm³/mol. The molecule has 1 fully saturated rings. The number of carbonyl (C=O) groups excluding carboxylic acids is 1. The van der Waals surface area contributed by atoms with E-state index in [9.17, 15) is 4.79 Å². The third-order valence-electron chi connectivity index (χ3n) is 4.35. The zero-order valence-electron chi connectivity index (χ0n) is 13.0. The molecule has 0 aliphatic carbocycles. The maximum absolute atomic E-state index is 12.2. The van der Waals surface area contributed by atoms with Gasteiger partial charge in [-0.05, 0) is 18.0 Å². The van der Waals surface area contributed by atoms with Gasteiger partial charge in [-0.2, -0.15) is 0 Å². The van der Waals surface area contributed by atoms with Crippen LogP contribution in [0.15, 0.2) is 30.3 Å². The number of hydrogen-bond donors (Lipinski definition) is 1. The number of benzene rings is 1. The molecule has 4 heteroatoms. The molecule has 2 N–H and O–H groups in total. The van der Waals surface area contributed by atoms with E-state index in [1.807, 2.05) is 11.0 Å². The molecule has 4 nitrogen and oxygen atoms in total. The van der Waals surface area contributed by atoms with E-state index in [2.05, 4.69) is 36.1 Å². The highest BCUT2D eigenvalue weighted by molar-refractivity contribution is 5.76. The van der Waals surface area contributed by atoms with Crippen molar-refractivity contribution in [3.8, 4) is 0 Å². The molecule has 1 aromatic carbocycles. The number of hydrogen-bond acceptors (Lipinski definition) is 3. The Labute approximate surface area is 127 Å². The first-order valence-electron chi connectivity index (χ1n) is 7.97. The summed E-state index contributed by atoms with van der Waals surface area (Å²) in [5, 5.41) is 0. The van der Waals surface area contributed by atoms with Gasteiger partial charge in [0.05, 0.1) is 0 Å². The van der Waals surface area contributed by atoms with Crippen LogP contribution in [0.4, 0.5) is 0 Å². The molecule has 0 aromatic heterocycles. The second-order valence-electron chi connectivity index (χ2n) is 5.86. The SMILES string of the molecule is CCC(CN)CC(=O)N1CCN(Cc2ccccc2)CC1. The molecular formula is C17H27N3O. The number of nitrogens with zero attached hydrogens (tertiary/aromatic N) is 2. The molecule has 0 spiro atoms. The van der Waals surface area contributed by atoms with E-state index in [0.29, 0.717) is 18.9 Å². The van der Waals surface area contributed by atoms with Crippen LogP contribution in [0.5, 0.6) is 0 Å². The molecule has 1 aliphatic rings. The minimum Gasteiger partial charge on any atom is -0.340 e. The molecule has 1 heterocycles. The van der Waals surface area contributed by atoms with Crippen molar-refractivity contribution in [1.82, 2.24) is 9.80 Å². The van der Waals surface area contributed by atoms with E-state index in [0.717, 1.165) is 39.1 Å². The van der Waals surface area contributed by atoms with Crippen molar-refractivity contribution in [2.24, 2.45) is 11.7 Å². The summed E-state index contributed by atoms with van der Waals surface area (Å²) in [7, 11) is 0. The van der Waals surface area contributed by atoms with Gasteiger partial charge in [0.2, 0.25) is 5.91 Å². The highest BCUT2D eigenvalue weighted by Gasteiger charge is 2.22. The number of amides is 1. The van der Waals surface area contributed by atoms with Crippen LogP contribution < -0.4 is 5.73 Å². The molecule has 1 unspecified atom stereocenters. The van der Waals surface area contributed by atoms with Crippen LogP contribution in [0, 0.1) is 5.92 Å². The summed E-state index contributed by atoms with van der Waals surface area (Å²) >= 11 is 0. The summed E-state index contributed by atoms with van der Waals surface area (Å²) in [5.74, 6) is 0.603. The molecule has 21 heavy (non-hydrogen) atoms. The average molecular weight is 289 g/mol. The Hall–Kier alpha value is -1.39. The molecule has 0 bridgehead atoms. The summed E-state index contributed by atoms with van der Waals surface area (Å²) in [5.41, 5.74) is 7.03. The van der Waals surface area contributed by atoms with Crippen LogP contribution in [0.1, 0.15) is 25.3 Å². The van der Waals surface area contributed by atoms with Gasteiger partial charge in [-0.15, -0.1) is 0 Å². The lowest BCUT2D eigenvalue weighted by Gasteiger charge is -2.35. The molecule has 1 saturated heterocycles. The average Bonchev–Trinajstić information content (AvgIpc) is 2.54. The Morgan fingerprint density at radius 1 is 1.19 bits per heavy atom. The zero-order chi connectivity index (χ0) is 15.1. The van der Waals surface area contributed by atoms with E-state index in [4.69, 9.17) is 5.73 Å². The molecular weight excluding hydrogens is 262 g/mol. The fraction of sp³-hybridized carbons (Fsp3) is 0.588. The van der Waals surface area contributed by atoms with Crippen molar-refractivity contribution in [3.63, 3.8) is 0 Å². The Kier molecular flexibility index (Phi) is 6.21. The third kappa shape index (κ3) is 4.83. The third-order valence-corrected chi connectivity index (χ3v) is 4.35. The second-order valence-corrected chi connectivity index (χ2v) is 5.86. The number of carbonyl (C=O) groups is 1. The van der Waals surface area contributed by atoms with Crippen molar-refractivity contribution >= 4 is 5.91 Å². The van der Waals surface area contributed by atoms with Gasteiger partial charge in [0.1, 0.15) is 0 Å². The van der Waals surface area contributed by atoms with Gasteiger partial charge >= 0.3 is 0 Å². The van der Waals surface area contributed by atoms with Crippen LogP contribution in [0.3, 0.4) is 0 Å². The smallest absolute Gasteiger partial charge is 0.222 e. The lowest BCUT2D eigenvalue weighted by Crippen LogP contribution is -2.48. The lowest BCUT2D eigenvalue weighted by molar-refractivity contribution is -0.134. The minimum absolute atomic E-state index is 0.270. The van der Waals surface area contributed by atoms with E-state index in [-0.39, 0.29) is 5.91 Å². The highest BCUT2D eigenvalue weighted by Crippen LogP contribution is 2.12. The molecule has 0 radical (unpaired) electrons. The Morgan fingerprint density at radius 3 is 2.43 bits per heavy atom. The number of rotatable bonds is 6. The fourth-order valence-electron chi connectivity index (χ4n) is 2.77. The van der Waals surface area contributed by atoms with E-state index < -0.39 is 0 Å². The van der Waals surface area contributed by atoms with E-state index in [1.165, 1.54) is 5.56 Å². The summed E-state index contributed by atoms with van der Waals surface area (Å²) < 4.78 is 0. The normalized spacial score (nSPS) is 17.7. The summed E-state index contributed by atoms with van der Waals surface area (Å²) in [4.78, 5) is 16.7. The maximum Gasteiger partial charge on any atom is 0.222 e. The standard InChI is InChI=1S/C17H27N3O/c1-2-15(13-18)12-17(21)20-10-8-19(9-11-20)14-16-6-4-3-5-7-16/h3-7,15H,2,8-14,18H2,1H3. The Bertz CT molecular complexity index is 423. The molecule has 1 amide bonds. The summed E-state index contributed by atoms with van der Waals surface area (Å²) in [6, 6.07) is 10.5. The van der Waals surface area contributed by atoms with Crippen molar-refractivity contribution in [2.45, 2.75) is 26.3 Å². The van der Waals surface area contributed by atoms with Crippen molar-refractivity contribution in [2.75, 3.05) is 32.7 Å². The lowest BCUT2D eigenvalue weighted by atomic mass is 10.0. The Balaban J connectivity index is 1.76. The number of piperazine rings is 1. The zero-order valence-corrected chi connectivity index (χ0v) is 13.0. The number of nitrogens with two attached hydrogens (primary N) is 1. The molecule has 1 aliphatic heterocycles. The van der Waals surface area contributed by atoms with Crippen molar-refractivity contribution in [1.29, 1.82) is 0 Å². The van der Waals surface area contributed by atoms with Crippen LogP contribution >= 0.6 is 0 Å². The van der Waals surface area contributed by atoms with Gasteiger partial charge in [0.15, 0.2) is 0 Å².